The average molecular weight is 355 g/mol. The first kappa shape index (κ1) is 17.2. The summed E-state index contributed by atoms with van der Waals surface area (Å²) >= 11 is 5.93. The molecule has 0 aliphatic carbocycles. The summed E-state index contributed by atoms with van der Waals surface area (Å²) in [6.45, 7) is 1.52. The minimum Gasteiger partial charge on any atom is -0.355 e. The Morgan fingerprint density at radius 2 is 1.91 bits per heavy atom. The van der Waals surface area contributed by atoms with Crippen LogP contribution in [-0.4, -0.2) is 37.1 Å². The molecule has 0 saturated carbocycles. The number of anilines is 1. The van der Waals surface area contributed by atoms with Crippen LogP contribution in [0, 0.1) is 0 Å². The Bertz CT molecular complexity index is 840. The summed E-state index contributed by atoms with van der Waals surface area (Å²) in [5, 5.41) is 2.55. The highest BCUT2D eigenvalue weighted by Crippen LogP contribution is 2.27. The number of nitrogens with zero attached hydrogens (tertiary/aromatic N) is 2. The molecule has 122 valence electrons. The van der Waals surface area contributed by atoms with E-state index in [9.17, 15) is 13.2 Å². The Hall–Kier alpha value is -2.19. The quantitative estimate of drug-likeness (QED) is 0.799. The van der Waals surface area contributed by atoms with Crippen LogP contribution in [0.2, 0.25) is 5.15 Å². The number of sulfonamides is 1. The second kappa shape index (κ2) is 6.93. The highest BCUT2D eigenvalue weighted by atomic mass is 35.5. The van der Waals surface area contributed by atoms with Gasteiger partial charge in [0.15, 0.2) is 5.15 Å². The third-order valence-corrected chi connectivity index (χ3v) is 4.64. The second-order valence-corrected chi connectivity index (χ2v) is 6.98. The van der Waals surface area contributed by atoms with Crippen LogP contribution < -0.4 is 10.0 Å². The second-order valence-electron chi connectivity index (χ2n) is 4.61. The highest BCUT2D eigenvalue weighted by molar-refractivity contribution is 7.92. The molecule has 0 atom stereocenters. The van der Waals surface area contributed by atoms with E-state index in [4.69, 9.17) is 11.6 Å². The minimum absolute atomic E-state index is 0.0428. The number of pyridine rings is 2. The molecule has 9 heteroatoms. The molecular formula is C14H15ClN4O3S. The van der Waals surface area contributed by atoms with Gasteiger partial charge in [0.25, 0.3) is 5.91 Å². The molecule has 1 amide bonds. The molecule has 2 aromatic heterocycles. The maximum absolute atomic E-state index is 11.7. The molecule has 2 rings (SSSR count). The van der Waals surface area contributed by atoms with Gasteiger partial charge in [-0.25, -0.2) is 13.4 Å². The van der Waals surface area contributed by atoms with Crippen molar-refractivity contribution in [2.45, 2.75) is 6.92 Å². The van der Waals surface area contributed by atoms with Gasteiger partial charge in [0.05, 0.1) is 17.0 Å². The standard InChI is InChI=1S/C14H15ClN4O3S/c1-3-23(21,22)19-12-5-10(8-18-13(12)15)9-4-11(7-17-6-9)14(20)16-2/h4-8,19H,3H2,1-2H3,(H,16,20). The molecular weight excluding hydrogens is 340 g/mol. The topological polar surface area (TPSA) is 101 Å². The largest absolute Gasteiger partial charge is 0.355 e. The van der Waals surface area contributed by atoms with Crippen molar-refractivity contribution in [3.8, 4) is 11.1 Å². The van der Waals surface area contributed by atoms with Crippen LogP contribution in [0.3, 0.4) is 0 Å². The summed E-state index contributed by atoms with van der Waals surface area (Å²) in [5.74, 6) is -0.352. The molecule has 0 bridgehead atoms. The summed E-state index contributed by atoms with van der Waals surface area (Å²) in [7, 11) is -1.95. The van der Waals surface area contributed by atoms with Crippen LogP contribution in [0.1, 0.15) is 17.3 Å². The average Bonchev–Trinajstić information content (AvgIpc) is 2.56. The van der Waals surface area contributed by atoms with E-state index in [1.54, 1.807) is 18.3 Å². The molecule has 0 aliphatic heterocycles. The number of rotatable bonds is 5. The maximum atomic E-state index is 11.7. The Labute approximate surface area is 139 Å². The van der Waals surface area contributed by atoms with Crippen LogP contribution in [0.4, 0.5) is 5.69 Å². The van der Waals surface area contributed by atoms with Gasteiger partial charge < -0.3 is 5.32 Å². The van der Waals surface area contributed by atoms with Gasteiger partial charge in [0.1, 0.15) is 0 Å². The van der Waals surface area contributed by atoms with E-state index >= 15 is 0 Å². The fraction of sp³-hybridized carbons (Fsp3) is 0.214. The third kappa shape index (κ3) is 4.17. The predicted octanol–water partition coefficient (Wildman–Crippen LogP) is 1.92. The van der Waals surface area contributed by atoms with Crippen molar-refractivity contribution in [3.05, 3.63) is 41.4 Å². The molecule has 2 N–H and O–H groups in total. The lowest BCUT2D eigenvalue weighted by Crippen LogP contribution is -2.18. The highest BCUT2D eigenvalue weighted by Gasteiger charge is 2.13. The predicted molar refractivity (Wildman–Crippen MR) is 89.0 cm³/mol. The van der Waals surface area contributed by atoms with Crippen molar-refractivity contribution in [2.75, 3.05) is 17.5 Å². The van der Waals surface area contributed by atoms with Gasteiger partial charge >= 0.3 is 0 Å². The SMILES string of the molecule is CCS(=O)(=O)Nc1cc(-c2cncc(C(=O)NC)c2)cnc1Cl. The molecule has 0 saturated heterocycles. The molecule has 0 aliphatic rings. The Morgan fingerprint density at radius 3 is 2.57 bits per heavy atom. The van der Waals surface area contributed by atoms with E-state index in [2.05, 4.69) is 20.0 Å². The van der Waals surface area contributed by atoms with Crippen LogP contribution in [0.15, 0.2) is 30.7 Å². The van der Waals surface area contributed by atoms with Crippen LogP contribution in [-0.2, 0) is 10.0 Å². The van der Waals surface area contributed by atoms with Crippen LogP contribution in [0.5, 0.6) is 0 Å². The molecule has 0 fully saturated rings. The van der Waals surface area contributed by atoms with Crippen molar-refractivity contribution in [3.63, 3.8) is 0 Å². The van der Waals surface area contributed by atoms with E-state index in [0.717, 1.165) is 0 Å². The summed E-state index contributed by atoms with van der Waals surface area (Å²) in [4.78, 5) is 19.7. The maximum Gasteiger partial charge on any atom is 0.252 e. The molecule has 0 radical (unpaired) electrons. The zero-order valence-corrected chi connectivity index (χ0v) is 14.1. The number of carbonyl (C=O) groups is 1. The van der Waals surface area contributed by atoms with Crippen LogP contribution >= 0.6 is 11.6 Å². The van der Waals surface area contributed by atoms with E-state index in [0.29, 0.717) is 16.7 Å². The molecule has 2 aromatic rings. The number of amides is 1. The van der Waals surface area contributed by atoms with Crippen molar-refractivity contribution < 1.29 is 13.2 Å². The lowest BCUT2D eigenvalue weighted by molar-refractivity contribution is 0.0962. The van der Waals surface area contributed by atoms with Gasteiger partial charge in [0.2, 0.25) is 10.0 Å². The Morgan fingerprint density at radius 1 is 1.22 bits per heavy atom. The number of hydrogen-bond donors (Lipinski definition) is 2. The van der Waals surface area contributed by atoms with Gasteiger partial charge in [-0.2, -0.15) is 0 Å². The zero-order valence-electron chi connectivity index (χ0n) is 12.5. The monoisotopic (exact) mass is 354 g/mol. The molecule has 0 spiro atoms. The number of halogens is 1. The molecule has 2 heterocycles. The Kier molecular flexibility index (Phi) is 5.17. The smallest absolute Gasteiger partial charge is 0.252 e. The number of hydrogen-bond acceptors (Lipinski definition) is 5. The lowest BCUT2D eigenvalue weighted by Gasteiger charge is -2.10. The van der Waals surface area contributed by atoms with Gasteiger partial charge in [-0.05, 0) is 19.1 Å². The molecule has 7 nitrogen and oxygen atoms in total. The first-order valence-corrected chi connectivity index (χ1v) is 8.73. The molecule has 0 aromatic carbocycles. The van der Waals surface area contributed by atoms with Crippen molar-refractivity contribution in [1.29, 1.82) is 0 Å². The Balaban J connectivity index is 2.43. The summed E-state index contributed by atoms with van der Waals surface area (Å²) < 4.78 is 25.7. The van der Waals surface area contributed by atoms with Crippen molar-refractivity contribution in [1.82, 2.24) is 15.3 Å². The third-order valence-electron chi connectivity index (χ3n) is 3.05. The number of aromatic nitrogens is 2. The fourth-order valence-electron chi connectivity index (χ4n) is 1.78. The first-order valence-electron chi connectivity index (χ1n) is 6.70. The minimum atomic E-state index is -3.47. The zero-order chi connectivity index (χ0) is 17.0. The molecule has 0 unspecified atom stereocenters. The molecule has 23 heavy (non-hydrogen) atoms. The summed E-state index contributed by atoms with van der Waals surface area (Å²) in [5.41, 5.74) is 1.76. The van der Waals surface area contributed by atoms with Crippen LogP contribution in [0.25, 0.3) is 11.1 Å². The van der Waals surface area contributed by atoms with Gasteiger partial charge in [-0.15, -0.1) is 0 Å². The first-order chi connectivity index (χ1) is 10.9. The van der Waals surface area contributed by atoms with Gasteiger partial charge in [-0.3, -0.25) is 14.5 Å². The van der Waals surface area contributed by atoms with E-state index in [1.165, 1.54) is 26.4 Å². The summed E-state index contributed by atoms with van der Waals surface area (Å²) in [6.07, 6.45) is 4.47. The van der Waals surface area contributed by atoms with Crippen molar-refractivity contribution in [2.24, 2.45) is 0 Å². The lowest BCUT2D eigenvalue weighted by atomic mass is 10.1. The number of nitrogens with one attached hydrogen (secondary N) is 2. The summed E-state index contributed by atoms with van der Waals surface area (Å²) in [6, 6.07) is 3.18. The van der Waals surface area contributed by atoms with E-state index < -0.39 is 10.0 Å². The van der Waals surface area contributed by atoms with E-state index in [1.807, 2.05) is 0 Å². The number of carbonyl (C=O) groups excluding carboxylic acids is 1. The van der Waals surface area contributed by atoms with Crippen molar-refractivity contribution >= 4 is 33.2 Å². The van der Waals surface area contributed by atoms with E-state index in [-0.39, 0.29) is 22.5 Å². The van der Waals surface area contributed by atoms with Gasteiger partial charge in [0, 0.05) is 36.8 Å². The normalized spacial score (nSPS) is 11.1. The van der Waals surface area contributed by atoms with Gasteiger partial charge in [-0.1, -0.05) is 11.6 Å². The fourth-order valence-corrected chi connectivity index (χ4v) is 2.63.